The number of nitrogens with two attached hydrogens (primary N) is 1. The summed E-state index contributed by atoms with van der Waals surface area (Å²) in [5.74, 6) is 2.21. The van der Waals surface area contributed by atoms with Crippen LogP contribution in [0.4, 0.5) is 17.3 Å². The predicted molar refractivity (Wildman–Crippen MR) is 83.7 cm³/mol. The Labute approximate surface area is 128 Å². The Balaban J connectivity index is 2.44. The van der Waals surface area contributed by atoms with Gasteiger partial charge >= 0.3 is 0 Å². The van der Waals surface area contributed by atoms with Crippen molar-refractivity contribution in [2.45, 2.75) is 13.3 Å². The lowest BCUT2D eigenvalue weighted by Crippen LogP contribution is -2.05. The highest BCUT2D eigenvalue weighted by Crippen LogP contribution is 2.37. The fraction of sp³-hybridized carbons (Fsp3) is 0.286. The van der Waals surface area contributed by atoms with Crippen LogP contribution in [-0.2, 0) is 6.42 Å². The number of benzene rings is 1. The van der Waals surface area contributed by atoms with Crippen molar-refractivity contribution in [2.24, 2.45) is 0 Å². The van der Waals surface area contributed by atoms with Gasteiger partial charge < -0.3 is 20.5 Å². The highest BCUT2D eigenvalue weighted by atomic mass is 35.5. The molecule has 112 valence electrons. The van der Waals surface area contributed by atoms with E-state index in [0.29, 0.717) is 40.3 Å². The smallest absolute Gasteiger partial charge is 0.146 e. The van der Waals surface area contributed by atoms with Gasteiger partial charge in [0.1, 0.15) is 29.5 Å². The van der Waals surface area contributed by atoms with Crippen molar-refractivity contribution in [3.63, 3.8) is 0 Å². The Kier molecular flexibility index (Phi) is 4.70. The molecular formula is C14H17ClN4O2. The molecular weight excluding hydrogens is 292 g/mol. The van der Waals surface area contributed by atoms with Crippen LogP contribution in [0.25, 0.3) is 0 Å². The van der Waals surface area contributed by atoms with Crippen LogP contribution in [0.5, 0.6) is 11.5 Å². The normalized spacial score (nSPS) is 10.3. The third-order valence-corrected chi connectivity index (χ3v) is 3.35. The number of ether oxygens (including phenoxy) is 2. The first-order chi connectivity index (χ1) is 10.1. The van der Waals surface area contributed by atoms with E-state index in [1.807, 2.05) is 6.92 Å². The second-order valence-electron chi connectivity index (χ2n) is 4.25. The quantitative estimate of drug-likeness (QED) is 0.883. The molecule has 0 atom stereocenters. The summed E-state index contributed by atoms with van der Waals surface area (Å²) in [6.07, 6.45) is 2.12. The third-order valence-electron chi connectivity index (χ3n) is 3.06. The predicted octanol–water partition coefficient (Wildman–Crippen LogP) is 3.04. The molecule has 1 aromatic carbocycles. The molecule has 6 nitrogen and oxygen atoms in total. The Bertz CT molecular complexity index is 649. The second kappa shape index (κ2) is 6.49. The SMILES string of the molecule is CCc1c(N)ncnc1Nc1cc(Cl)c(OC)cc1OC. The number of nitrogens with zero attached hydrogens (tertiary/aromatic N) is 2. The minimum atomic E-state index is 0.452. The van der Waals surface area contributed by atoms with Gasteiger partial charge in [-0.3, -0.25) is 0 Å². The van der Waals surface area contributed by atoms with E-state index >= 15 is 0 Å². The van der Waals surface area contributed by atoms with Crippen molar-refractivity contribution in [1.82, 2.24) is 9.97 Å². The second-order valence-corrected chi connectivity index (χ2v) is 4.66. The molecule has 0 saturated heterocycles. The fourth-order valence-corrected chi connectivity index (χ4v) is 2.21. The van der Waals surface area contributed by atoms with Crippen LogP contribution >= 0.6 is 11.6 Å². The molecule has 0 radical (unpaired) electrons. The van der Waals surface area contributed by atoms with E-state index in [1.165, 1.54) is 6.33 Å². The van der Waals surface area contributed by atoms with Crippen LogP contribution in [-0.4, -0.2) is 24.2 Å². The maximum Gasteiger partial charge on any atom is 0.146 e. The molecule has 1 heterocycles. The van der Waals surface area contributed by atoms with Gasteiger partial charge in [-0.25, -0.2) is 9.97 Å². The van der Waals surface area contributed by atoms with Gasteiger partial charge in [-0.2, -0.15) is 0 Å². The molecule has 1 aromatic heterocycles. The Morgan fingerprint density at radius 2 is 1.90 bits per heavy atom. The van der Waals surface area contributed by atoms with Gasteiger partial charge in [-0.15, -0.1) is 0 Å². The van der Waals surface area contributed by atoms with E-state index in [2.05, 4.69) is 15.3 Å². The van der Waals surface area contributed by atoms with Gasteiger partial charge in [-0.1, -0.05) is 18.5 Å². The zero-order valence-corrected chi connectivity index (χ0v) is 12.9. The molecule has 0 aliphatic carbocycles. The molecule has 2 rings (SSSR count). The standard InChI is InChI=1S/C14H17ClN4O2/c1-4-8-13(16)17-7-18-14(8)19-10-5-9(15)11(20-2)6-12(10)21-3/h5-7H,4H2,1-3H3,(H3,16,17,18,19). The molecule has 0 saturated carbocycles. The zero-order valence-electron chi connectivity index (χ0n) is 12.1. The van der Waals surface area contributed by atoms with Gasteiger partial charge in [0.05, 0.1) is 24.9 Å². The van der Waals surface area contributed by atoms with E-state index in [0.717, 1.165) is 5.56 Å². The Morgan fingerprint density at radius 1 is 1.19 bits per heavy atom. The Hall–Kier alpha value is -2.21. The number of nitrogens with one attached hydrogen (secondary N) is 1. The van der Waals surface area contributed by atoms with Crippen molar-refractivity contribution in [3.8, 4) is 11.5 Å². The molecule has 3 N–H and O–H groups in total. The molecule has 21 heavy (non-hydrogen) atoms. The lowest BCUT2D eigenvalue weighted by atomic mass is 10.2. The van der Waals surface area contributed by atoms with Crippen LogP contribution in [0.1, 0.15) is 12.5 Å². The first kappa shape index (κ1) is 15.2. The van der Waals surface area contributed by atoms with Gasteiger partial charge in [0.25, 0.3) is 0 Å². The average molecular weight is 309 g/mol. The van der Waals surface area contributed by atoms with Crippen LogP contribution < -0.4 is 20.5 Å². The van der Waals surface area contributed by atoms with Crippen molar-refractivity contribution >= 4 is 28.9 Å². The molecule has 0 spiro atoms. The summed E-state index contributed by atoms with van der Waals surface area (Å²) in [6.45, 7) is 1.98. The number of anilines is 3. The summed E-state index contributed by atoms with van der Waals surface area (Å²) in [5, 5.41) is 3.65. The van der Waals surface area contributed by atoms with E-state index in [4.69, 9.17) is 26.8 Å². The minimum absolute atomic E-state index is 0.452. The molecule has 0 aliphatic rings. The summed E-state index contributed by atoms with van der Waals surface area (Å²) >= 11 is 6.15. The van der Waals surface area contributed by atoms with E-state index in [-0.39, 0.29) is 0 Å². The number of nitrogen functional groups attached to an aromatic ring is 1. The van der Waals surface area contributed by atoms with Crippen molar-refractivity contribution in [1.29, 1.82) is 0 Å². The monoisotopic (exact) mass is 308 g/mol. The number of halogens is 1. The summed E-state index contributed by atoms with van der Waals surface area (Å²) in [5.41, 5.74) is 7.38. The maximum atomic E-state index is 6.15. The number of aromatic nitrogens is 2. The zero-order chi connectivity index (χ0) is 15.4. The Morgan fingerprint density at radius 3 is 2.52 bits per heavy atom. The molecule has 0 fully saturated rings. The maximum absolute atomic E-state index is 6.15. The number of hydrogen-bond acceptors (Lipinski definition) is 6. The van der Waals surface area contributed by atoms with Gasteiger partial charge in [0, 0.05) is 11.6 Å². The number of hydrogen-bond donors (Lipinski definition) is 2. The van der Waals surface area contributed by atoms with Gasteiger partial charge in [0.2, 0.25) is 0 Å². The molecule has 0 bridgehead atoms. The molecule has 2 aromatic rings. The first-order valence-corrected chi connectivity index (χ1v) is 6.76. The van der Waals surface area contributed by atoms with Crippen molar-refractivity contribution in [2.75, 3.05) is 25.3 Å². The van der Waals surface area contributed by atoms with E-state index in [9.17, 15) is 0 Å². The fourth-order valence-electron chi connectivity index (χ4n) is 1.97. The number of methoxy groups -OCH3 is 2. The topological polar surface area (TPSA) is 82.3 Å². The average Bonchev–Trinajstić information content (AvgIpc) is 2.48. The largest absolute Gasteiger partial charge is 0.495 e. The van der Waals surface area contributed by atoms with Crippen LogP contribution in [0.2, 0.25) is 5.02 Å². The van der Waals surface area contributed by atoms with Crippen molar-refractivity contribution < 1.29 is 9.47 Å². The van der Waals surface area contributed by atoms with Gasteiger partial charge in [0.15, 0.2) is 0 Å². The third kappa shape index (κ3) is 3.11. The minimum Gasteiger partial charge on any atom is -0.495 e. The van der Waals surface area contributed by atoms with E-state index < -0.39 is 0 Å². The van der Waals surface area contributed by atoms with Crippen molar-refractivity contribution in [3.05, 3.63) is 29.0 Å². The lowest BCUT2D eigenvalue weighted by Gasteiger charge is -2.15. The lowest BCUT2D eigenvalue weighted by molar-refractivity contribution is 0.396. The van der Waals surface area contributed by atoms with Crippen LogP contribution in [0, 0.1) is 0 Å². The number of rotatable bonds is 5. The van der Waals surface area contributed by atoms with Gasteiger partial charge in [-0.05, 0) is 12.5 Å². The molecule has 0 amide bonds. The summed E-state index contributed by atoms with van der Waals surface area (Å²) in [6, 6.07) is 3.43. The van der Waals surface area contributed by atoms with Crippen LogP contribution in [0.15, 0.2) is 18.5 Å². The molecule has 0 aliphatic heterocycles. The first-order valence-electron chi connectivity index (χ1n) is 6.38. The van der Waals surface area contributed by atoms with Crippen LogP contribution in [0.3, 0.4) is 0 Å². The molecule has 7 heteroatoms. The highest BCUT2D eigenvalue weighted by Gasteiger charge is 2.13. The van der Waals surface area contributed by atoms with E-state index in [1.54, 1.807) is 26.4 Å². The summed E-state index contributed by atoms with van der Waals surface area (Å²) in [4.78, 5) is 8.21. The summed E-state index contributed by atoms with van der Waals surface area (Å²) in [7, 11) is 3.12. The summed E-state index contributed by atoms with van der Waals surface area (Å²) < 4.78 is 10.5. The highest BCUT2D eigenvalue weighted by molar-refractivity contribution is 6.32. The molecule has 0 unspecified atom stereocenters.